The summed E-state index contributed by atoms with van der Waals surface area (Å²) in [7, 11) is 0. The molecule has 1 aromatic heterocycles. The maximum atomic E-state index is 3.55. The Labute approximate surface area is 228 Å². The van der Waals surface area contributed by atoms with Gasteiger partial charge in [0.15, 0.2) is 0 Å². The van der Waals surface area contributed by atoms with Gasteiger partial charge in [0.05, 0.1) is 11.0 Å². The summed E-state index contributed by atoms with van der Waals surface area (Å²) in [6.07, 6.45) is 0. The topological polar surface area (TPSA) is 20.2 Å². The lowest BCUT2D eigenvalue weighted by molar-refractivity contribution is 1.18. The quantitative estimate of drug-likeness (QED) is 0.245. The summed E-state index contributed by atoms with van der Waals surface area (Å²) < 4.78 is 2.37. The SMILES string of the molecule is c1ccc(Nc2cccc(N(c3ccccc3)c3ccc4c5ccccc5n(-c5ccccc5)c4c3)c2)cc1. The van der Waals surface area contributed by atoms with Crippen LogP contribution in [-0.4, -0.2) is 4.57 Å². The molecule has 0 atom stereocenters. The largest absolute Gasteiger partial charge is 0.355 e. The monoisotopic (exact) mass is 501 g/mol. The minimum absolute atomic E-state index is 1.04. The number of nitrogens with one attached hydrogen (secondary N) is 1. The predicted molar refractivity (Wildman–Crippen MR) is 165 cm³/mol. The van der Waals surface area contributed by atoms with Crippen LogP contribution in [0.1, 0.15) is 0 Å². The van der Waals surface area contributed by atoms with Crippen LogP contribution in [0.15, 0.2) is 158 Å². The van der Waals surface area contributed by atoms with Crippen LogP contribution in [0.2, 0.25) is 0 Å². The van der Waals surface area contributed by atoms with Crippen LogP contribution in [-0.2, 0) is 0 Å². The van der Waals surface area contributed by atoms with E-state index in [4.69, 9.17) is 0 Å². The van der Waals surface area contributed by atoms with Gasteiger partial charge in [-0.15, -0.1) is 0 Å². The second-order valence-corrected chi connectivity index (χ2v) is 9.60. The molecule has 0 aliphatic rings. The zero-order chi connectivity index (χ0) is 26.0. The number of anilines is 5. The first-order chi connectivity index (χ1) is 19.3. The maximum absolute atomic E-state index is 3.55. The minimum atomic E-state index is 1.04. The van der Waals surface area contributed by atoms with E-state index in [1.165, 1.54) is 21.8 Å². The van der Waals surface area contributed by atoms with Crippen LogP contribution in [0.3, 0.4) is 0 Å². The van der Waals surface area contributed by atoms with Crippen LogP contribution >= 0.6 is 0 Å². The molecule has 0 spiro atoms. The van der Waals surface area contributed by atoms with E-state index in [-0.39, 0.29) is 0 Å². The molecule has 1 N–H and O–H groups in total. The third-order valence-corrected chi connectivity index (χ3v) is 7.11. The molecule has 7 rings (SSSR count). The first-order valence-electron chi connectivity index (χ1n) is 13.2. The van der Waals surface area contributed by atoms with Gasteiger partial charge in [-0.3, -0.25) is 0 Å². The van der Waals surface area contributed by atoms with Crippen LogP contribution in [0, 0.1) is 0 Å². The number of rotatable bonds is 6. The Morgan fingerprint density at radius 2 is 1.00 bits per heavy atom. The second-order valence-electron chi connectivity index (χ2n) is 9.60. The lowest BCUT2D eigenvalue weighted by Gasteiger charge is -2.26. The smallest absolute Gasteiger partial charge is 0.0561 e. The minimum Gasteiger partial charge on any atom is -0.355 e. The van der Waals surface area contributed by atoms with E-state index in [0.717, 1.165) is 34.1 Å². The number of para-hydroxylation sites is 4. The third kappa shape index (κ3) is 4.30. The lowest BCUT2D eigenvalue weighted by Crippen LogP contribution is -2.10. The number of hydrogen-bond acceptors (Lipinski definition) is 2. The molecule has 0 unspecified atom stereocenters. The van der Waals surface area contributed by atoms with Crippen LogP contribution in [0.25, 0.3) is 27.5 Å². The average Bonchev–Trinajstić information content (AvgIpc) is 3.33. The van der Waals surface area contributed by atoms with Gasteiger partial charge in [0.25, 0.3) is 0 Å². The lowest BCUT2D eigenvalue weighted by atomic mass is 10.1. The van der Waals surface area contributed by atoms with Crippen LogP contribution < -0.4 is 10.2 Å². The van der Waals surface area contributed by atoms with E-state index in [1.807, 2.05) is 18.2 Å². The first kappa shape index (κ1) is 22.9. The highest BCUT2D eigenvalue weighted by molar-refractivity contribution is 6.10. The number of benzene rings is 6. The van der Waals surface area contributed by atoms with E-state index < -0.39 is 0 Å². The Balaban J connectivity index is 1.42. The van der Waals surface area contributed by atoms with Crippen molar-refractivity contribution in [3.05, 3.63) is 158 Å². The number of hydrogen-bond donors (Lipinski definition) is 1. The van der Waals surface area contributed by atoms with Gasteiger partial charge in [-0.25, -0.2) is 0 Å². The average molecular weight is 502 g/mol. The molecule has 0 aliphatic carbocycles. The molecule has 0 bridgehead atoms. The number of nitrogens with zero attached hydrogens (tertiary/aromatic N) is 2. The first-order valence-corrected chi connectivity index (χ1v) is 13.2. The Hall–Kier alpha value is -5.28. The fraction of sp³-hybridized carbons (Fsp3) is 0. The molecule has 7 aromatic rings. The van der Waals surface area contributed by atoms with Crippen molar-refractivity contribution in [1.29, 1.82) is 0 Å². The van der Waals surface area contributed by atoms with E-state index >= 15 is 0 Å². The highest BCUT2D eigenvalue weighted by atomic mass is 15.1. The zero-order valence-corrected chi connectivity index (χ0v) is 21.4. The molecular weight excluding hydrogens is 474 g/mol. The van der Waals surface area contributed by atoms with E-state index in [9.17, 15) is 0 Å². The third-order valence-electron chi connectivity index (χ3n) is 7.11. The van der Waals surface area contributed by atoms with Gasteiger partial charge in [-0.2, -0.15) is 0 Å². The van der Waals surface area contributed by atoms with Crippen molar-refractivity contribution in [3.8, 4) is 5.69 Å². The molecule has 39 heavy (non-hydrogen) atoms. The standard InChI is InChI=1S/C36H27N3/c1-4-13-27(14-5-1)37-28-15-12-20-31(25-28)38(29-16-6-2-7-17-29)32-23-24-34-33-21-10-11-22-35(33)39(36(34)26-32)30-18-8-3-9-19-30/h1-26,37H. The molecule has 186 valence electrons. The summed E-state index contributed by atoms with van der Waals surface area (Å²) >= 11 is 0. The highest BCUT2D eigenvalue weighted by Gasteiger charge is 2.17. The van der Waals surface area contributed by atoms with E-state index in [2.05, 4.69) is 154 Å². The Kier molecular flexibility index (Phi) is 5.80. The summed E-state index contributed by atoms with van der Waals surface area (Å²) in [5.41, 5.74) is 8.94. The molecule has 1 heterocycles. The molecule has 6 aromatic carbocycles. The molecule has 0 fully saturated rings. The van der Waals surface area contributed by atoms with Gasteiger partial charge in [0.1, 0.15) is 0 Å². The summed E-state index contributed by atoms with van der Waals surface area (Å²) in [5.74, 6) is 0. The molecule has 0 aliphatic heterocycles. The second kappa shape index (κ2) is 9.88. The molecule has 0 saturated heterocycles. The summed E-state index contributed by atoms with van der Waals surface area (Å²) in [4.78, 5) is 2.32. The van der Waals surface area contributed by atoms with Crippen molar-refractivity contribution in [2.24, 2.45) is 0 Å². The maximum Gasteiger partial charge on any atom is 0.0561 e. The van der Waals surface area contributed by atoms with Crippen molar-refractivity contribution in [2.45, 2.75) is 0 Å². The number of aromatic nitrogens is 1. The summed E-state index contributed by atoms with van der Waals surface area (Å²) in [6, 6.07) is 55.5. The molecule has 0 saturated carbocycles. The van der Waals surface area contributed by atoms with Crippen molar-refractivity contribution in [1.82, 2.24) is 4.57 Å². The molecule has 3 heteroatoms. The fourth-order valence-electron chi connectivity index (χ4n) is 5.39. The van der Waals surface area contributed by atoms with Crippen molar-refractivity contribution >= 4 is 50.2 Å². The van der Waals surface area contributed by atoms with Gasteiger partial charge >= 0.3 is 0 Å². The molecular formula is C36H27N3. The normalized spacial score (nSPS) is 11.1. The van der Waals surface area contributed by atoms with Crippen LogP contribution in [0.4, 0.5) is 28.4 Å². The Morgan fingerprint density at radius 1 is 0.410 bits per heavy atom. The highest BCUT2D eigenvalue weighted by Crippen LogP contribution is 2.40. The number of fused-ring (bicyclic) bond motifs is 3. The van der Waals surface area contributed by atoms with Crippen LogP contribution in [0.5, 0.6) is 0 Å². The predicted octanol–water partition coefficient (Wildman–Crippen LogP) is 10.00. The van der Waals surface area contributed by atoms with Crippen molar-refractivity contribution < 1.29 is 0 Å². The molecule has 0 amide bonds. The van der Waals surface area contributed by atoms with Gasteiger partial charge in [0, 0.05) is 44.9 Å². The van der Waals surface area contributed by atoms with Crippen molar-refractivity contribution in [2.75, 3.05) is 10.2 Å². The Bertz CT molecular complexity index is 1870. The van der Waals surface area contributed by atoms with Crippen molar-refractivity contribution in [3.63, 3.8) is 0 Å². The van der Waals surface area contributed by atoms with Gasteiger partial charge in [-0.1, -0.05) is 84.9 Å². The molecule has 3 nitrogen and oxygen atoms in total. The zero-order valence-electron chi connectivity index (χ0n) is 21.4. The molecule has 0 radical (unpaired) electrons. The summed E-state index contributed by atoms with van der Waals surface area (Å²) in [5, 5.41) is 6.04. The summed E-state index contributed by atoms with van der Waals surface area (Å²) in [6.45, 7) is 0. The van der Waals surface area contributed by atoms with E-state index in [1.54, 1.807) is 0 Å². The Morgan fingerprint density at radius 3 is 1.79 bits per heavy atom. The van der Waals surface area contributed by atoms with Gasteiger partial charge in [0.2, 0.25) is 0 Å². The fourth-order valence-corrected chi connectivity index (χ4v) is 5.39. The van der Waals surface area contributed by atoms with Gasteiger partial charge < -0.3 is 14.8 Å². The van der Waals surface area contributed by atoms with E-state index in [0.29, 0.717) is 0 Å². The van der Waals surface area contributed by atoms with Gasteiger partial charge in [-0.05, 0) is 72.8 Å².